The Morgan fingerprint density at radius 3 is 2.88 bits per heavy atom. The van der Waals surface area contributed by atoms with Crippen LogP contribution in [0.25, 0.3) is 0 Å². The van der Waals surface area contributed by atoms with Gasteiger partial charge in [-0.05, 0) is 6.92 Å². The summed E-state index contributed by atoms with van der Waals surface area (Å²) >= 11 is 0. The Labute approximate surface area is 98.1 Å². The normalized spacial score (nSPS) is 9.71. The molecule has 1 aromatic heterocycles. The van der Waals surface area contributed by atoms with Gasteiger partial charge in [0.05, 0.1) is 11.5 Å². The van der Waals surface area contributed by atoms with E-state index in [1.165, 1.54) is 6.07 Å². The number of pyridine rings is 1. The first-order valence-corrected chi connectivity index (χ1v) is 5.04. The van der Waals surface area contributed by atoms with Crippen molar-refractivity contribution in [3.63, 3.8) is 0 Å². The van der Waals surface area contributed by atoms with Crippen LogP contribution in [0.15, 0.2) is 12.3 Å². The smallest absolute Gasteiger partial charge is 0.289 e. The minimum absolute atomic E-state index is 0.0720. The van der Waals surface area contributed by atoms with Crippen LogP contribution in [0.5, 0.6) is 0 Å². The molecule has 0 saturated heterocycles. The SMILES string of the molecule is CCN(CCO)c1ncc([N+](=O)[O-])cc1C#N. The highest BCUT2D eigenvalue weighted by molar-refractivity contribution is 5.57. The molecule has 0 amide bonds. The van der Waals surface area contributed by atoms with Crippen molar-refractivity contribution in [2.75, 3.05) is 24.6 Å². The first-order valence-electron chi connectivity index (χ1n) is 5.04. The minimum atomic E-state index is -0.597. The molecule has 0 spiro atoms. The van der Waals surface area contributed by atoms with Crippen LogP contribution in [0, 0.1) is 21.4 Å². The van der Waals surface area contributed by atoms with Crippen molar-refractivity contribution in [2.24, 2.45) is 0 Å². The molecule has 0 atom stereocenters. The average Bonchev–Trinajstić information content (AvgIpc) is 2.35. The molecule has 0 fully saturated rings. The lowest BCUT2D eigenvalue weighted by Gasteiger charge is -2.21. The summed E-state index contributed by atoms with van der Waals surface area (Å²) < 4.78 is 0. The van der Waals surface area contributed by atoms with Gasteiger partial charge in [0.25, 0.3) is 5.69 Å². The number of rotatable bonds is 5. The number of aliphatic hydroxyl groups is 1. The molecule has 0 aliphatic rings. The summed E-state index contributed by atoms with van der Waals surface area (Å²) in [4.78, 5) is 15.5. The van der Waals surface area contributed by atoms with E-state index in [4.69, 9.17) is 10.4 Å². The van der Waals surface area contributed by atoms with Gasteiger partial charge in [-0.25, -0.2) is 4.98 Å². The van der Waals surface area contributed by atoms with Crippen molar-refractivity contribution in [3.05, 3.63) is 27.9 Å². The molecule has 0 unspecified atom stereocenters. The molecule has 1 N–H and O–H groups in total. The Kier molecular flexibility index (Phi) is 4.37. The van der Waals surface area contributed by atoms with Crippen molar-refractivity contribution in [1.82, 2.24) is 4.98 Å². The number of nitrogens with zero attached hydrogens (tertiary/aromatic N) is 4. The van der Waals surface area contributed by atoms with E-state index < -0.39 is 4.92 Å². The maximum Gasteiger partial charge on any atom is 0.289 e. The highest BCUT2D eigenvalue weighted by atomic mass is 16.6. The summed E-state index contributed by atoms with van der Waals surface area (Å²) in [5, 5.41) is 28.4. The third kappa shape index (κ3) is 2.89. The lowest BCUT2D eigenvalue weighted by atomic mass is 10.2. The fraction of sp³-hybridized carbons (Fsp3) is 0.400. The standard InChI is InChI=1S/C10H12N4O3/c1-2-13(3-4-15)10-8(6-11)5-9(7-12-10)14(16)17/h5,7,15H,2-4H2,1H3. The van der Waals surface area contributed by atoms with Crippen LogP contribution in [-0.4, -0.2) is 34.7 Å². The molecule has 7 heteroatoms. The zero-order valence-electron chi connectivity index (χ0n) is 9.33. The number of nitro groups is 1. The van der Waals surface area contributed by atoms with Crippen molar-refractivity contribution in [2.45, 2.75) is 6.92 Å². The minimum Gasteiger partial charge on any atom is -0.395 e. The number of likely N-dealkylation sites (N-methyl/N-ethyl adjacent to an activating group) is 1. The summed E-state index contributed by atoms with van der Waals surface area (Å²) in [5.41, 5.74) is -0.0835. The number of aliphatic hydroxyl groups excluding tert-OH is 1. The summed E-state index contributed by atoms with van der Waals surface area (Å²) in [5.74, 6) is 0.356. The molecule has 7 nitrogen and oxygen atoms in total. The van der Waals surface area contributed by atoms with Crippen molar-refractivity contribution in [1.29, 1.82) is 5.26 Å². The van der Waals surface area contributed by atoms with E-state index in [9.17, 15) is 10.1 Å². The summed E-state index contributed by atoms with van der Waals surface area (Å²) in [6.45, 7) is 2.66. The van der Waals surface area contributed by atoms with Crippen LogP contribution < -0.4 is 4.90 Å². The Bertz CT molecular complexity index is 455. The van der Waals surface area contributed by atoms with E-state index in [1.807, 2.05) is 13.0 Å². The molecule has 0 saturated carbocycles. The summed E-state index contributed by atoms with van der Waals surface area (Å²) in [6.07, 6.45) is 1.11. The first kappa shape index (κ1) is 12.9. The largest absolute Gasteiger partial charge is 0.395 e. The van der Waals surface area contributed by atoms with E-state index in [-0.39, 0.29) is 17.9 Å². The van der Waals surface area contributed by atoms with Gasteiger partial charge in [0, 0.05) is 19.2 Å². The second-order valence-electron chi connectivity index (χ2n) is 3.24. The number of nitriles is 1. The van der Waals surface area contributed by atoms with Crippen LogP contribution >= 0.6 is 0 Å². The van der Waals surface area contributed by atoms with Gasteiger partial charge in [-0.1, -0.05) is 0 Å². The number of hydrogen-bond donors (Lipinski definition) is 1. The predicted octanol–water partition coefficient (Wildman–Crippen LogP) is 0.680. The van der Waals surface area contributed by atoms with Gasteiger partial charge < -0.3 is 10.0 Å². The Hall–Kier alpha value is -2.20. The maximum atomic E-state index is 10.5. The van der Waals surface area contributed by atoms with Crippen LogP contribution in [-0.2, 0) is 0 Å². The summed E-state index contributed by atoms with van der Waals surface area (Å²) in [7, 11) is 0. The van der Waals surface area contributed by atoms with Crippen LogP contribution in [0.3, 0.4) is 0 Å². The molecule has 17 heavy (non-hydrogen) atoms. The van der Waals surface area contributed by atoms with Crippen molar-refractivity contribution in [3.8, 4) is 6.07 Å². The van der Waals surface area contributed by atoms with Crippen molar-refractivity contribution < 1.29 is 10.0 Å². The quantitative estimate of drug-likeness (QED) is 0.595. The molecule has 1 rings (SSSR count). The van der Waals surface area contributed by atoms with Gasteiger partial charge in [-0.2, -0.15) is 5.26 Å². The molecule has 0 aromatic carbocycles. The molecule has 0 radical (unpaired) electrons. The van der Waals surface area contributed by atoms with Gasteiger partial charge in [0.1, 0.15) is 23.6 Å². The highest BCUT2D eigenvalue weighted by Gasteiger charge is 2.15. The lowest BCUT2D eigenvalue weighted by Crippen LogP contribution is -2.27. The second kappa shape index (κ2) is 5.77. The molecule has 0 bridgehead atoms. The molecular weight excluding hydrogens is 224 g/mol. The molecule has 90 valence electrons. The summed E-state index contributed by atoms with van der Waals surface area (Å²) in [6, 6.07) is 3.06. The van der Waals surface area contributed by atoms with Crippen LogP contribution in [0.4, 0.5) is 11.5 Å². The Morgan fingerprint density at radius 2 is 2.41 bits per heavy atom. The zero-order chi connectivity index (χ0) is 12.8. The van der Waals surface area contributed by atoms with Gasteiger partial charge in [-0.3, -0.25) is 10.1 Å². The van der Waals surface area contributed by atoms with E-state index >= 15 is 0 Å². The van der Waals surface area contributed by atoms with Gasteiger partial charge in [0.2, 0.25) is 0 Å². The van der Waals surface area contributed by atoms with Gasteiger partial charge >= 0.3 is 0 Å². The fourth-order valence-electron chi connectivity index (χ4n) is 1.42. The fourth-order valence-corrected chi connectivity index (χ4v) is 1.42. The Balaban J connectivity index is 3.16. The first-order chi connectivity index (χ1) is 8.13. The van der Waals surface area contributed by atoms with Crippen molar-refractivity contribution >= 4 is 11.5 Å². The monoisotopic (exact) mass is 236 g/mol. The highest BCUT2D eigenvalue weighted by Crippen LogP contribution is 2.21. The predicted molar refractivity (Wildman–Crippen MR) is 60.6 cm³/mol. The van der Waals surface area contributed by atoms with Crippen LogP contribution in [0.1, 0.15) is 12.5 Å². The molecule has 0 aliphatic heterocycles. The topological polar surface area (TPSA) is 103 Å². The van der Waals surface area contributed by atoms with E-state index in [2.05, 4.69) is 4.98 Å². The third-order valence-corrected chi connectivity index (χ3v) is 2.23. The zero-order valence-corrected chi connectivity index (χ0v) is 9.33. The Morgan fingerprint density at radius 1 is 1.71 bits per heavy atom. The maximum absolute atomic E-state index is 10.5. The molecular formula is C10H12N4O3. The van der Waals surface area contributed by atoms with Crippen LogP contribution in [0.2, 0.25) is 0 Å². The molecule has 1 aromatic rings. The number of anilines is 1. The van der Waals surface area contributed by atoms with Gasteiger partial charge in [0.15, 0.2) is 0 Å². The number of hydrogen-bond acceptors (Lipinski definition) is 6. The second-order valence-corrected chi connectivity index (χ2v) is 3.24. The van der Waals surface area contributed by atoms with E-state index in [0.29, 0.717) is 18.9 Å². The molecule has 0 aliphatic carbocycles. The third-order valence-electron chi connectivity index (χ3n) is 2.23. The number of aromatic nitrogens is 1. The lowest BCUT2D eigenvalue weighted by molar-refractivity contribution is -0.385. The van der Waals surface area contributed by atoms with Gasteiger partial charge in [-0.15, -0.1) is 0 Å². The molecule has 1 heterocycles. The van der Waals surface area contributed by atoms with E-state index in [0.717, 1.165) is 6.20 Å². The van der Waals surface area contributed by atoms with E-state index in [1.54, 1.807) is 4.90 Å². The average molecular weight is 236 g/mol.